The molecule has 0 spiro atoms. The topological polar surface area (TPSA) is 69.4 Å². The van der Waals surface area contributed by atoms with Crippen LogP contribution in [0.1, 0.15) is 15.9 Å². The molecular weight excluding hydrogens is 282 g/mol. The predicted molar refractivity (Wildman–Crippen MR) is 74.3 cm³/mol. The Bertz CT molecular complexity index is 640. The maximum absolute atomic E-state index is 10.9. The molecular formula is C14H10ClNO4. The molecule has 2 rings (SSSR count). The molecule has 20 heavy (non-hydrogen) atoms. The summed E-state index contributed by atoms with van der Waals surface area (Å²) in [6, 6.07) is 11.0. The van der Waals surface area contributed by atoms with Crippen LogP contribution in [0, 0.1) is 10.1 Å². The highest BCUT2D eigenvalue weighted by molar-refractivity contribution is 6.30. The summed E-state index contributed by atoms with van der Waals surface area (Å²) in [4.78, 5) is 21.0. The summed E-state index contributed by atoms with van der Waals surface area (Å²) in [7, 11) is 0. The minimum Gasteiger partial charge on any atom is -0.488 e. The Morgan fingerprint density at radius 3 is 2.50 bits per heavy atom. The lowest BCUT2D eigenvalue weighted by Crippen LogP contribution is -1.99. The first-order valence-corrected chi connectivity index (χ1v) is 6.09. The monoisotopic (exact) mass is 291 g/mol. The second-order valence-electron chi connectivity index (χ2n) is 4.01. The van der Waals surface area contributed by atoms with E-state index in [0.717, 1.165) is 5.56 Å². The number of halogens is 1. The van der Waals surface area contributed by atoms with E-state index in [9.17, 15) is 14.9 Å². The van der Waals surface area contributed by atoms with Gasteiger partial charge in [0.2, 0.25) is 0 Å². The fraction of sp³-hybridized carbons (Fsp3) is 0.0714. The summed E-state index contributed by atoms with van der Waals surface area (Å²) < 4.78 is 5.49. The highest BCUT2D eigenvalue weighted by atomic mass is 35.5. The molecule has 0 atom stereocenters. The molecule has 0 aromatic heterocycles. The van der Waals surface area contributed by atoms with Gasteiger partial charge in [-0.15, -0.1) is 0 Å². The first-order chi connectivity index (χ1) is 9.60. The van der Waals surface area contributed by atoms with Gasteiger partial charge in [-0.25, -0.2) is 0 Å². The van der Waals surface area contributed by atoms with Crippen LogP contribution < -0.4 is 4.74 Å². The van der Waals surface area contributed by atoms with E-state index in [4.69, 9.17) is 16.3 Å². The molecule has 102 valence electrons. The summed E-state index contributed by atoms with van der Waals surface area (Å²) in [6.07, 6.45) is 0.532. The fourth-order valence-corrected chi connectivity index (χ4v) is 1.74. The van der Waals surface area contributed by atoms with Crippen molar-refractivity contribution in [3.63, 3.8) is 0 Å². The van der Waals surface area contributed by atoms with Crippen molar-refractivity contribution >= 4 is 23.6 Å². The van der Waals surface area contributed by atoms with Gasteiger partial charge in [0.05, 0.1) is 10.5 Å². The number of aldehydes is 1. The van der Waals surface area contributed by atoms with Gasteiger partial charge >= 0.3 is 0 Å². The molecule has 5 nitrogen and oxygen atoms in total. The standard InChI is InChI=1S/C14H10ClNO4/c15-12-3-1-10(2-4-12)9-20-14-6-5-13(16(18)19)7-11(14)8-17/h1-8H,9H2. The lowest BCUT2D eigenvalue weighted by Gasteiger charge is -2.08. The Labute approximate surface area is 119 Å². The van der Waals surface area contributed by atoms with Crippen molar-refractivity contribution in [1.29, 1.82) is 0 Å². The highest BCUT2D eigenvalue weighted by Crippen LogP contribution is 2.23. The fourth-order valence-electron chi connectivity index (χ4n) is 1.61. The third-order valence-corrected chi connectivity index (χ3v) is 2.89. The first-order valence-electron chi connectivity index (χ1n) is 5.71. The average molecular weight is 292 g/mol. The quantitative estimate of drug-likeness (QED) is 0.479. The molecule has 0 radical (unpaired) electrons. The van der Waals surface area contributed by atoms with Crippen LogP contribution in [0.25, 0.3) is 0 Å². The number of hydrogen-bond acceptors (Lipinski definition) is 4. The van der Waals surface area contributed by atoms with Crippen LogP contribution >= 0.6 is 11.6 Å². The molecule has 0 aliphatic carbocycles. The molecule has 0 heterocycles. The maximum atomic E-state index is 10.9. The summed E-state index contributed by atoms with van der Waals surface area (Å²) in [5, 5.41) is 11.3. The number of rotatable bonds is 5. The Morgan fingerprint density at radius 2 is 1.90 bits per heavy atom. The van der Waals surface area contributed by atoms with Crippen LogP contribution in [0.3, 0.4) is 0 Å². The van der Waals surface area contributed by atoms with Gasteiger partial charge in [-0.1, -0.05) is 23.7 Å². The molecule has 2 aromatic carbocycles. The van der Waals surface area contributed by atoms with Gasteiger partial charge in [-0.2, -0.15) is 0 Å². The van der Waals surface area contributed by atoms with E-state index in [-0.39, 0.29) is 17.9 Å². The molecule has 0 bridgehead atoms. The molecule has 0 amide bonds. The maximum Gasteiger partial charge on any atom is 0.270 e. The lowest BCUT2D eigenvalue weighted by molar-refractivity contribution is -0.384. The van der Waals surface area contributed by atoms with Gasteiger partial charge in [-0.05, 0) is 23.8 Å². The molecule has 6 heteroatoms. The lowest BCUT2D eigenvalue weighted by atomic mass is 10.2. The third kappa shape index (κ3) is 3.33. The summed E-state index contributed by atoms with van der Waals surface area (Å²) in [5.74, 6) is 0.306. The zero-order valence-electron chi connectivity index (χ0n) is 10.3. The van der Waals surface area contributed by atoms with Gasteiger partial charge in [-0.3, -0.25) is 14.9 Å². The number of benzene rings is 2. The van der Waals surface area contributed by atoms with E-state index in [1.165, 1.54) is 18.2 Å². The number of nitrogens with zero attached hydrogens (tertiary/aromatic N) is 1. The van der Waals surface area contributed by atoms with Gasteiger partial charge < -0.3 is 4.74 Å². The van der Waals surface area contributed by atoms with Crippen molar-refractivity contribution in [2.24, 2.45) is 0 Å². The number of nitro benzene ring substituents is 1. The normalized spacial score (nSPS) is 10.1. The molecule has 0 aliphatic heterocycles. The van der Waals surface area contributed by atoms with Gasteiger partial charge in [0.1, 0.15) is 12.4 Å². The van der Waals surface area contributed by atoms with Gasteiger partial charge in [0, 0.05) is 17.2 Å². The SMILES string of the molecule is O=Cc1cc([N+](=O)[O-])ccc1OCc1ccc(Cl)cc1. The van der Waals surface area contributed by atoms with Gasteiger partial charge in [0.25, 0.3) is 5.69 Å². The Balaban J connectivity index is 2.14. The summed E-state index contributed by atoms with van der Waals surface area (Å²) >= 11 is 5.77. The van der Waals surface area contributed by atoms with Crippen molar-refractivity contribution in [2.45, 2.75) is 6.61 Å². The van der Waals surface area contributed by atoms with Crippen LogP contribution in [0.4, 0.5) is 5.69 Å². The molecule has 0 fully saturated rings. The van der Waals surface area contributed by atoms with Crippen LogP contribution in [-0.4, -0.2) is 11.2 Å². The first kappa shape index (κ1) is 14.0. The Kier molecular flexibility index (Phi) is 4.32. The van der Waals surface area contributed by atoms with E-state index in [1.807, 2.05) is 0 Å². The van der Waals surface area contributed by atoms with Crippen LogP contribution in [0.15, 0.2) is 42.5 Å². The number of carbonyl (C=O) groups excluding carboxylic acids is 1. The van der Waals surface area contributed by atoms with E-state index < -0.39 is 4.92 Å². The average Bonchev–Trinajstić information content (AvgIpc) is 2.46. The van der Waals surface area contributed by atoms with Crippen molar-refractivity contribution in [3.05, 3.63) is 68.7 Å². The van der Waals surface area contributed by atoms with E-state index in [2.05, 4.69) is 0 Å². The van der Waals surface area contributed by atoms with Crippen molar-refractivity contribution < 1.29 is 14.5 Å². The zero-order valence-corrected chi connectivity index (χ0v) is 11.0. The zero-order chi connectivity index (χ0) is 14.5. The predicted octanol–water partition coefficient (Wildman–Crippen LogP) is 3.64. The number of hydrogen-bond donors (Lipinski definition) is 0. The number of non-ortho nitro benzene ring substituents is 1. The van der Waals surface area contributed by atoms with Crippen molar-refractivity contribution in [3.8, 4) is 5.75 Å². The van der Waals surface area contributed by atoms with Crippen LogP contribution in [0.2, 0.25) is 5.02 Å². The molecule has 0 N–H and O–H groups in total. The molecule has 2 aromatic rings. The van der Waals surface area contributed by atoms with Crippen molar-refractivity contribution in [1.82, 2.24) is 0 Å². The van der Waals surface area contributed by atoms with E-state index >= 15 is 0 Å². The smallest absolute Gasteiger partial charge is 0.270 e. The molecule has 0 unspecified atom stereocenters. The molecule has 0 saturated heterocycles. The third-order valence-electron chi connectivity index (χ3n) is 2.64. The number of carbonyl (C=O) groups is 1. The van der Waals surface area contributed by atoms with Crippen LogP contribution in [-0.2, 0) is 6.61 Å². The molecule has 0 aliphatic rings. The Hall–Kier alpha value is -2.40. The minimum atomic E-state index is -0.560. The van der Waals surface area contributed by atoms with Crippen LogP contribution in [0.5, 0.6) is 5.75 Å². The van der Waals surface area contributed by atoms with Crippen molar-refractivity contribution in [2.75, 3.05) is 0 Å². The van der Waals surface area contributed by atoms with E-state index in [0.29, 0.717) is 17.1 Å². The Morgan fingerprint density at radius 1 is 1.20 bits per heavy atom. The second kappa shape index (κ2) is 6.16. The minimum absolute atomic E-state index is 0.146. The summed E-state index contributed by atoms with van der Waals surface area (Å²) in [5.41, 5.74) is 0.878. The number of ether oxygens (including phenoxy) is 1. The highest BCUT2D eigenvalue weighted by Gasteiger charge is 2.11. The number of nitro groups is 1. The largest absolute Gasteiger partial charge is 0.488 e. The van der Waals surface area contributed by atoms with Gasteiger partial charge in [0.15, 0.2) is 6.29 Å². The second-order valence-corrected chi connectivity index (χ2v) is 4.45. The summed E-state index contributed by atoms with van der Waals surface area (Å²) in [6.45, 7) is 0.246. The molecule has 0 saturated carbocycles. The van der Waals surface area contributed by atoms with E-state index in [1.54, 1.807) is 24.3 Å².